The highest BCUT2D eigenvalue weighted by Crippen LogP contribution is 2.25. The van der Waals surface area contributed by atoms with Gasteiger partial charge in [-0.3, -0.25) is 14.6 Å². The third kappa shape index (κ3) is 5.94. The van der Waals surface area contributed by atoms with Gasteiger partial charge in [-0.25, -0.2) is 16.8 Å². The fourth-order valence-corrected chi connectivity index (χ4v) is 8.20. The van der Waals surface area contributed by atoms with Crippen LogP contribution in [0.5, 0.6) is 0 Å². The van der Waals surface area contributed by atoms with Crippen molar-refractivity contribution in [2.24, 2.45) is 0 Å². The molecule has 3 aliphatic rings. The highest BCUT2D eigenvalue weighted by atomic mass is 32.2. The van der Waals surface area contributed by atoms with Crippen molar-refractivity contribution < 1.29 is 21.6 Å². The number of benzene rings is 1. The molecule has 184 valence electrons. The van der Waals surface area contributed by atoms with Gasteiger partial charge in [0.25, 0.3) is 0 Å². The molecular formula is C22H34N4O5S2. The van der Waals surface area contributed by atoms with E-state index in [4.69, 9.17) is 0 Å². The zero-order chi connectivity index (χ0) is 23.6. The molecule has 0 aliphatic carbocycles. The van der Waals surface area contributed by atoms with Gasteiger partial charge in [0.1, 0.15) is 0 Å². The predicted octanol–water partition coefficient (Wildman–Crippen LogP) is 0.913. The van der Waals surface area contributed by atoms with Gasteiger partial charge in [-0.15, -0.1) is 0 Å². The Bertz CT molecular complexity index is 1080. The van der Waals surface area contributed by atoms with Gasteiger partial charge >= 0.3 is 0 Å². The largest absolute Gasteiger partial charge is 0.325 e. The second-order valence-electron chi connectivity index (χ2n) is 9.36. The lowest BCUT2D eigenvalue weighted by molar-refractivity contribution is -0.117. The molecule has 1 aromatic carbocycles. The highest BCUT2D eigenvalue weighted by molar-refractivity contribution is 7.91. The summed E-state index contributed by atoms with van der Waals surface area (Å²) in [5.41, 5.74) is 1.33. The summed E-state index contributed by atoms with van der Waals surface area (Å²) in [6.07, 6.45) is 3.49. The second kappa shape index (κ2) is 9.99. The summed E-state index contributed by atoms with van der Waals surface area (Å²) in [7, 11) is -6.47. The Morgan fingerprint density at radius 1 is 1.06 bits per heavy atom. The standard InChI is InChI=1S/C22H34N4O5S2/c1-18-5-6-20(33(30,31)26-8-3-2-4-9-26)15-21(18)23-22(27)16-24-10-12-25(13-11-24)19-7-14-32(28,29)17-19/h5-6,15,19H,2-4,7-14,16-17H2,1H3,(H,23,27)/t19-/m1/s1. The van der Waals surface area contributed by atoms with Crippen molar-refractivity contribution in [1.29, 1.82) is 0 Å². The van der Waals surface area contributed by atoms with E-state index < -0.39 is 19.9 Å². The number of sulfonamides is 1. The van der Waals surface area contributed by atoms with E-state index in [1.165, 1.54) is 4.31 Å². The zero-order valence-electron chi connectivity index (χ0n) is 19.2. The molecule has 1 amide bonds. The number of anilines is 1. The summed E-state index contributed by atoms with van der Waals surface area (Å²) in [4.78, 5) is 17.2. The maximum Gasteiger partial charge on any atom is 0.243 e. The number of piperidine rings is 1. The molecule has 0 unspecified atom stereocenters. The smallest absolute Gasteiger partial charge is 0.243 e. The Labute approximate surface area is 197 Å². The number of hydrogen-bond acceptors (Lipinski definition) is 7. The molecule has 4 rings (SSSR count). The minimum Gasteiger partial charge on any atom is -0.325 e. The molecule has 0 bridgehead atoms. The molecule has 0 aromatic heterocycles. The van der Waals surface area contributed by atoms with Crippen LogP contribution in [0.2, 0.25) is 0 Å². The molecule has 0 saturated carbocycles. The number of nitrogens with zero attached hydrogens (tertiary/aromatic N) is 3. The average molecular weight is 499 g/mol. The number of piperazine rings is 1. The lowest BCUT2D eigenvalue weighted by Crippen LogP contribution is -2.52. The predicted molar refractivity (Wildman–Crippen MR) is 127 cm³/mol. The quantitative estimate of drug-likeness (QED) is 0.621. The van der Waals surface area contributed by atoms with Crippen LogP contribution in [-0.2, 0) is 24.7 Å². The maximum absolute atomic E-state index is 13.0. The summed E-state index contributed by atoms with van der Waals surface area (Å²) < 4.78 is 51.0. The molecule has 0 spiro atoms. The number of amides is 1. The van der Waals surface area contributed by atoms with Gasteiger partial charge in [-0.1, -0.05) is 12.5 Å². The molecule has 11 heteroatoms. The van der Waals surface area contributed by atoms with E-state index in [0.717, 1.165) is 37.9 Å². The van der Waals surface area contributed by atoms with Gasteiger partial charge in [-0.2, -0.15) is 4.31 Å². The number of hydrogen-bond donors (Lipinski definition) is 1. The number of nitrogens with one attached hydrogen (secondary N) is 1. The highest BCUT2D eigenvalue weighted by Gasteiger charge is 2.34. The van der Waals surface area contributed by atoms with E-state index in [9.17, 15) is 21.6 Å². The molecule has 9 nitrogen and oxygen atoms in total. The van der Waals surface area contributed by atoms with Gasteiger partial charge in [0.15, 0.2) is 9.84 Å². The van der Waals surface area contributed by atoms with E-state index in [1.807, 2.05) is 6.92 Å². The Hall–Kier alpha value is -1.53. The Balaban J connectivity index is 1.33. The molecule has 0 radical (unpaired) electrons. The molecule has 33 heavy (non-hydrogen) atoms. The third-order valence-electron chi connectivity index (χ3n) is 6.93. The summed E-state index contributed by atoms with van der Waals surface area (Å²) in [5.74, 6) is 0.331. The van der Waals surface area contributed by atoms with E-state index in [0.29, 0.717) is 38.3 Å². The van der Waals surface area contributed by atoms with Crippen LogP contribution in [0.4, 0.5) is 5.69 Å². The topological polar surface area (TPSA) is 107 Å². The van der Waals surface area contributed by atoms with Crippen LogP contribution in [0.1, 0.15) is 31.2 Å². The zero-order valence-corrected chi connectivity index (χ0v) is 20.8. The second-order valence-corrected chi connectivity index (χ2v) is 13.5. The van der Waals surface area contributed by atoms with Crippen molar-refractivity contribution in [3.63, 3.8) is 0 Å². The Morgan fingerprint density at radius 2 is 1.76 bits per heavy atom. The molecule has 1 atom stereocenters. The lowest BCUT2D eigenvalue weighted by atomic mass is 10.2. The minimum atomic E-state index is -3.56. The number of carbonyl (C=O) groups is 1. The molecule has 3 heterocycles. The molecule has 1 aromatic rings. The van der Waals surface area contributed by atoms with Crippen LogP contribution in [0.25, 0.3) is 0 Å². The maximum atomic E-state index is 13.0. The fraction of sp³-hybridized carbons (Fsp3) is 0.682. The van der Waals surface area contributed by atoms with Crippen LogP contribution in [0, 0.1) is 6.92 Å². The summed E-state index contributed by atoms with van der Waals surface area (Å²) in [5, 5.41) is 2.89. The van der Waals surface area contributed by atoms with Gasteiger partial charge in [-0.05, 0) is 43.9 Å². The Kier molecular flexibility index (Phi) is 7.44. The molecule has 3 aliphatic heterocycles. The van der Waals surface area contributed by atoms with E-state index in [1.54, 1.807) is 18.2 Å². The number of aryl methyl sites for hydroxylation is 1. The molecule has 1 N–H and O–H groups in total. The average Bonchev–Trinajstić information content (AvgIpc) is 3.16. The lowest BCUT2D eigenvalue weighted by Gasteiger charge is -2.37. The Morgan fingerprint density at radius 3 is 2.39 bits per heavy atom. The number of sulfone groups is 1. The minimum absolute atomic E-state index is 0.0956. The molecule has 3 fully saturated rings. The first-order chi connectivity index (χ1) is 15.6. The van der Waals surface area contributed by atoms with E-state index >= 15 is 0 Å². The number of rotatable bonds is 6. The number of carbonyl (C=O) groups excluding carboxylic acids is 1. The van der Waals surface area contributed by atoms with Crippen LogP contribution < -0.4 is 5.32 Å². The van der Waals surface area contributed by atoms with Crippen LogP contribution in [-0.4, -0.2) is 100 Å². The van der Waals surface area contributed by atoms with Gasteiger partial charge in [0.2, 0.25) is 15.9 Å². The van der Waals surface area contributed by atoms with Gasteiger partial charge in [0, 0.05) is 51.0 Å². The fourth-order valence-electron chi connectivity index (χ4n) is 4.89. The van der Waals surface area contributed by atoms with Crippen LogP contribution in [0.3, 0.4) is 0 Å². The summed E-state index contributed by atoms with van der Waals surface area (Å²) in [6, 6.07) is 5.01. The van der Waals surface area contributed by atoms with Gasteiger partial charge in [0.05, 0.1) is 22.9 Å². The van der Waals surface area contributed by atoms with Crippen molar-refractivity contribution in [2.75, 3.05) is 62.6 Å². The van der Waals surface area contributed by atoms with Crippen molar-refractivity contribution in [3.05, 3.63) is 23.8 Å². The van der Waals surface area contributed by atoms with Crippen molar-refractivity contribution >= 4 is 31.5 Å². The molecular weight excluding hydrogens is 464 g/mol. The van der Waals surface area contributed by atoms with Crippen molar-refractivity contribution in [3.8, 4) is 0 Å². The third-order valence-corrected chi connectivity index (χ3v) is 10.6. The van der Waals surface area contributed by atoms with Crippen LogP contribution in [0.15, 0.2) is 23.1 Å². The first kappa shape index (κ1) is 24.6. The first-order valence-electron chi connectivity index (χ1n) is 11.7. The van der Waals surface area contributed by atoms with Crippen molar-refractivity contribution in [2.45, 2.75) is 43.5 Å². The van der Waals surface area contributed by atoms with Gasteiger partial charge < -0.3 is 5.32 Å². The first-order valence-corrected chi connectivity index (χ1v) is 15.0. The monoisotopic (exact) mass is 498 g/mol. The normalized spacial score (nSPS) is 25.2. The van der Waals surface area contributed by atoms with Crippen molar-refractivity contribution in [1.82, 2.24) is 14.1 Å². The van der Waals surface area contributed by atoms with Crippen LogP contribution >= 0.6 is 0 Å². The SMILES string of the molecule is Cc1ccc(S(=O)(=O)N2CCCCC2)cc1NC(=O)CN1CCN([C@@H]2CCS(=O)(=O)C2)CC1. The summed E-state index contributed by atoms with van der Waals surface area (Å²) >= 11 is 0. The molecule has 3 saturated heterocycles. The van der Waals surface area contributed by atoms with E-state index in [-0.39, 0.29) is 34.9 Å². The summed E-state index contributed by atoms with van der Waals surface area (Å²) in [6.45, 7) is 6.04. The van der Waals surface area contributed by atoms with E-state index in [2.05, 4.69) is 15.1 Å².